The lowest BCUT2D eigenvalue weighted by Gasteiger charge is -2.45. The molecule has 0 radical (unpaired) electrons. The first-order chi connectivity index (χ1) is 11.9. The molecule has 3 aliphatic carbocycles. The van der Waals surface area contributed by atoms with Gasteiger partial charge in [-0.15, -0.1) is 0 Å². The molecule has 1 spiro atoms. The molecule has 0 bridgehead atoms. The quantitative estimate of drug-likeness (QED) is 0.640. The number of aliphatic hydroxyl groups is 3. The molecule has 2 amide bonds. The summed E-state index contributed by atoms with van der Waals surface area (Å²) in [7, 11) is 0. The number of rotatable bonds is 2. The van der Waals surface area contributed by atoms with Crippen LogP contribution in [-0.4, -0.2) is 56.9 Å². The number of likely N-dealkylation sites (tertiary alicyclic amines) is 1. The molecule has 6 unspecified atom stereocenters. The van der Waals surface area contributed by atoms with Gasteiger partial charge < -0.3 is 15.3 Å². The van der Waals surface area contributed by atoms with Crippen LogP contribution in [0.1, 0.15) is 57.8 Å². The summed E-state index contributed by atoms with van der Waals surface area (Å²) in [4.78, 5) is 26.8. The van der Waals surface area contributed by atoms with E-state index >= 15 is 0 Å². The highest BCUT2D eigenvalue weighted by atomic mass is 16.3. The monoisotopic (exact) mass is 351 g/mol. The van der Waals surface area contributed by atoms with Crippen molar-refractivity contribution in [3.63, 3.8) is 0 Å². The highest BCUT2D eigenvalue weighted by Gasteiger charge is 2.55. The van der Waals surface area contributed by atoms with Crippen molar-refractivity contribution in [2.45, 2.75) is 76.1 Å². The minimum Gasteiger partial charge on any atom is -0.393 e. The van der Waals surface area contributed by atoms with E-state index in [1.165, 1.54) is 4.90 Å². The van der Waals surface area contributed by atoms with E-state index in [2.05, 4.69) is 0 Å². The van der Waals surface area contributed by atoms with Crippen molar-refractivity contribution >= 4 is 11.8 Å². The molecule has 1 saturated heterocycles. The topological polar surface area (TPSA) is 98.1 Å². The summed E-state index contributed by atoms with van der Waals surface area (Å²) in [6.45, 7) is 0.229. The van der Waals surface area contributed by atoms with Crippen LogP contribution >= 0.6 is 0 Å². The van der Waals surface area contributed by atoms with Crippen molar-refractivity contribution in [1.29, 1.82) is 0 Å². The summed E-state index contributed by atoms with van der Waals surface area (Å²) in [5.41, 5.74) is -0.581. The van der Waals surface area contributed by atoms with Crippen molar-refractivity contribution in [2.24, 2.45) is 23.2 Å². The molecule has 3 saturated carbocycles. The van der Waals surface area contributed by atoms with Gasteiger partial charge in [-0.1, -0.05) is 12.8 Å². The van der Waals surface area contributed by atoms with Crippen molar-refractivity contribution in [1.82, 2.24) is 4.90 Å². The van der Waals surface area contributed by atoms with Gasteiger partial charge in [-0.3, -0.25) is 14.5 Å². The Morgan fingerprint density at radius 1 is 0.880 bits per heavy atom. The second-order valence-electron chi connectivity index (χ2n) is 8.70. The van der Waals surface area contributed by atoms with Gasteiger partial charge in [-0.05, 0) is 44.9 Å². The molecule has 4 fully saturated rings. The maximum absolute atomic E-state index is 12.7. The van der Waals surface area contributed by atoms with Gasteiger partial charge in [0.05, 0.1) is 30.1 Å². The first-order valence-electron chi connectivity index (χ1n) is 9.83. The van der Waals surface area contributed by atoms with Crippen LogP contribution < -0.4 is 0 Å². The average molecular weight is 351 g/mol. The van der Waals surface area contributed by atoms with Gasteiger partial charge in [0, 0.05) is 17.9 Å². The number of hydrogen-bond acceptors (Lipinski definition) is 5. The Kier molecular flexibility index (Phi) is 4.41. The lowest BCUT2D eigenvalue weighted by molar-refractivity contribution is -0.143. The molecule has 4 aliphatic rings. The molecule has 6 nitrogen and oxygen atoms in total. The highest BCUT2D eigenvalue weighted by Crippen LogP contribution is 2.51. The fraction of sp³-hybridized carbons (Fsp3) is 0.895. The maximum atomic E-state index is 12.7. The van der Waals surface area contributed by atoms with Gasteiger partial charge in [-0.2, -0.15) is 0 Å². The molecule has 1 heterocycles. The normalized spacial score (nSPS) is 47.6. The van der Waals surface area contributed by atoms with Crippen molar-refractivity contribution < 1.29 is 24.9 Å². The minimum absolute atomic E-state index is 0.0750. The van der Waals surface area contributed by atoms with Crippen LogP contribution in [0.4, 0.5) is 0 Å². The van der Waals surface area contributed by atoms with Crippen LogP contribution in [0.2, 0.25) is 0 Å². The van der Waals surface area contributed by atoms with Crippen LogP contribution in [-0.2, 0) is 9.59 Å². The predicted molar refractivity (Wildman–Crippen MR) is 89.2 cm³/mol. The maximum Gasteiger partial charge on any atom is 0.233 e. The Hall–Kier alpha value is -0.980. The Morgan fingerprint density at radius 3 is 2.00 bits per heavy atom. The second-order valence-corrected chi connectivity index (χ2v) is 8.70. The highest BCUT2D eigenvalue weighted by molar-refractivity contribution is 6.05. The number of carbonyl (C=O) groups is 2. The molecule has 0 aromatic heterocycles. The lowest BCUT2D eigenvalue weighted by atomic mass is 9.65. The van der Waals surface area contributed by atoms with E-state index in [4.69, 9.17) is 0 Å². The number of imide groups is 1. The van der Waals surface area contributed by atoms with E-state index < -0.39 is 23.7 Å². The summed E-state index contributed by atoms with van der Waals surface area (Å²) >= 11 is 0. The van der Waals surface area contributed by atoms with Gasteiger partial charge in [0.15, 0.2) is 0 Å². The summed E-state index contributed by atoms with van der Waals surface area (Å²) in [6, 6.07) is 0. The van der Waals surface area contributed by atoms with E-state index in [0.717, 1.165) is 25.7 Å². The van der Waals surface area contributed by atoms with Crippen molar-refractivity contribution in [3.8, 4) is 0 Å². The molecule has 4 rings (SSSR count). The fourth-order valence-corrected chi connectivity index (χ4v) is 5.93. The summed E-state index contributed by atoms with van der Waals surface area (Å²) in [6.07, 6.45) is 4.60. The van der Waals surface area contributed by atoms with Gasteiger partial charge in [0.2, 0.25) is 11.8 Å². The van der Waals surface area contributed by atoms with Crippen LogP contribution in [0.5, 0.6) is 0 Å². The molecule has 0 aromatic rings. The predicted octanol–water partition coefficient (Wildman–Crippen LogP) is 0.825. The molecule has 140 valence electrons. The first kappa shape index (κ1) is 17.4. The van der Waals surface area contributed by atoms with Crippen LogP contribution in [0, 0.1) is 23.2 Å². The second kappa shape index (κ2) is 6.32. The zero-order chi connectivity index (χ0) is 17.8. The Balaban J connectivity index is 1.51. The molecular formula is C19H29NO5. The smallest absolute Gasteiger partial charge is 0.233 e. The number of amides is 2. The lowest BCUT2D eigenvalue weighted by Crippen LogP contribution is -2.50. The van der Waals surface area contributed by atoms with E-state index in [-0.39, 0.29) is 36.1 Å². The zero-order valence-corrected chi connectivity index (χ0v) is 14.6. The molecule has 25 heavy (non-hydrogen) atoms. The molecule has 1 aliphatic heterocycles. The largest absolute Gasteiger partial charge is 0.393 e. The van der Waals surface area contributed by atoms with Crippen molar-refractivity contribution in [3.05, 3.63) is 0 Å². The third kappa shape index (κ3) is 2.64. The van der Waals surface area contributed by atoms with E-state index in [1.54, 1.807) is 0 Å². The van der Waals surface area contributed by atoms with Crippen LogP contribution in [0.15, 0.2) is 0 Å². The third-order valence-electron chi connectivity index (χ3n) is 7.48. The number of nitrogens with zero attached hydrogens (tertiary/aromatic N) is 1. The molecular weight excluding hydrogens is 322 g/mol. The molecule has 0 aromatic carbocycles. The SMILES string of the molecule is O=C1C2CCCCC2C(=O)N1CC1CC2(CCC1O)C(O)CCC2O. The Labute approximate surface area is 148 Å². The average Bonchev–Trinajstić information content (AvgIpc) is 3.02. The summed E-state index contributed by atoms with van der Waals surface area (Å²) < 4.78 is 0. The Morgan fingerprint density at radius 2 is 1.44 bits per heavy atom. The molecule has 3 N–H and O–H groups in total. The molecule has 6 heteroatoms. The third-order valence-corrected chi connectivity index (χ3v) is 7.48. The standard InChI is InChI=1S/C19H29NO5/c21-14-7-8-19(15(22)5-6-16(19)23)9-11(14)10-20-17(24)12-3-1-2-4-13(12)18(20)25/h11-16,21-23H,1-10H2. The van der Waals surface area contributed by atoms with E-state index in [0.29, 0.717) is 32.1 Å². The van der Waals surface area contributed by atoms with Crippen LogP contribution in [0.3, 0.4) is 0 Å². The van der Waals surface area contributed by atoms with Gasteiger partial charge in [0.1, 0.15) is 0 Å². The van der Waals surface area contributed by atoms with Gasteiger partial charge in [-0.25, -0.2) is 0 Å². The van der Waals surface area contributed by atoms with Crippen LogP contribution in [0.25, 0.3) is 0 Å². The number of hydrogen-bond donors (Lipinski definition) is 3. The molecule has 6 atom stereocenters. The minimum atomic E-state index is -0.589. The van der Waals surface area contributed by atoms with Crippen molar-refractivity contribution in [2.75, 3.05) is 6.54 Å². The zero-order valence-electron chi connectivity index (χ0n) is 14.6. The number of fused-ring (bicyclic) bond motifs is 1. The van der Waals surface area contributed by atoms with E-state index in [9.17, 15) is 24.9 Å². The Bertz CT molecular complexity index is 530. The first-order valence-corrected chi connectivity index (χ1v) is 9.83. The summed E-state index contributed by atoms with van der Waals surface area (Å²) in [5, 5.41) is 31.3. The summed E-state index contributed by atoms with van der Waals surface area (Å²) in [5.74, 6) is -0.746. The van der Waals surface area contributed by atoms with Gasteiger partial charge >= 0.3 is 0 Å². The van der Waals surface area contributed by atoms with Gasteiger partial charge in [0.25, 0.3) is 0 Å². The van der Waals surface area contributed by atoms with E-state index in [1.807, 2.05) is 0 Å². The number of carbonyl (C=O) groups excluding carboxylic acids is 2. The number of aliphatic hydroxyl groups excluding tert-OH is 3. The fourth-order valence-electron chi connectivity index (χ4n) is 5.93.